The van der Waals surface area contributed by atoms with Crippen LogP contribution in [0.25, 0.3) is 0 Å². The summed E-state index contributed by atoms with van der Waals surface area (Å²) in [5, 5.41) is 3.14. The Morgan fingerprint density at radius 3 is 2.03 bits per heavy atom. The Balaban J connectivity index is 1.88. The van der Waals surface area contributed by atoms with Gasteiger partial charge in [-0.25, -0.2) is 0 Å². The molecule has 0 spiro atoms. The maximum atomic E-state index is 13.8. The van der Waals surface area contributed by atoms with Gasteiger partial charge in [0, 0.05) is 25.4 Å². The van der Waals surface area contributed by atoms with Crippen LogP contribution in [0.2, 0.25) is 0 Å². The van der Waals surface area contributed by atoms with Crippen LogP contribution in [0.15, 0.2) is 78.9 Å². The molecule has 3 rings (SSSR count). The molecule has 3 aromatic rings. The molecule has 2 atom stereocenters. The highest BCUT2D eigenvalue weighted by atomic mass is 16.2. The predicted molar refractivity (Wildman–Crippen MR) is 152 cm³/mol. The number of aryl methyl sites for hydroxylation is 2. The summed E-state index contributed by atoms with van der Waals surface area (Å²) in [6, 6.07) is 26.2. The molecule has 1 N–H and O–H groups in total. The fourth-order valence-corrected chi connectivity index (χ4v) is 4.35. The van der Waals surface area contributed by atoms with E-state index in [9.17, 15) is 9.59 Å². The summed E-state index contributed by atoms with van der Waals surface area (Å²) < 4.78 is 0. The van der Waals surface area contributed by atoms with E-state index in [4.69, 9.17) is 0 Å². The molecule has 2 amide bonds. The Hall–Kier alpha value is -3.40. The molecule has 0 saturated heterocycles. The molecule has 196 valence electrons. The van der Waals surface area contributed by atoms with Gasteiger partial charge in [0.15, 0.2) is 0 Å². The van der Waals surface area contributed by atoms with E-state index in [0.29, 0.717) is 31.7 Å². The Kier molecular flexibility index (Phi) is 10.5. The lowest BCUT2D eigenvalue weighted by Gasteiger charge is -2.32. The standard InChI is InChI=1S/C33H42N2O2/c1-6-26(5)34-33(37)31(22-28-10-8-7-9-11-28)35(23-29-14-12-25(4)13-15-29)32(36)21-18-27-16-19-30(20-17-27)24(2)3/h7-17,19-20,24,26,31H,6,18,21-23H2,1-5H3,(H,34,37). The van der Waals surface area contributed by atoms with Crippen molar-refractivity contribution in [1.29, 1.82) is 0 Å². The van der Waals surface area contributed by atoms with Gasteiger partial charge < -0.3 is 10.2 Å². The van der Waals surface area contributed by atoms with Crippen molar-refractivity contribution in [1.82, 2.24) is 10.2 Å². The fraction of sp³-hybridized carbons (Fsp3) is 0.394. The number of hydrogen-bond donors (Lipinski definition) is 1. The Morgan fingerprint density at radius 1 is 0.811 bits per heavy atom. The lowest BCUT2D eigenvalue weighted by atomic mass is 9.99. The normalized spacial score (nSPS) is 12.7. The van der Waals surface area contributed by atoms with Crippen molar-refractivity contribution >= 4 is 11.8 Å². The summed E-state index contributed by atoms with van der Waals surface area (Å²) in [5.41, 5.74) is 5.66. The SMILES string of the molecule is CCC(C)NC(=O)C(Cc1ccccc1)N(Cc1ccc(C)cc1)C(=O)CCc1ccc(C(C)C)cc1. The molecule has 0 aliphatic carbocycles. The van der Waals surface area contributed by atoms with Gasteiger partial charge in [-0.3, -0.25) is 9.59 Å². The number of rotatable bonds is 12. The first-order valence-electron chi connectivity index (χ1n) is 13.5. The molecule has 0 saturated carbocycles. The molecule has 37 heavy (non-hydrogen) atoms. The van der Waals surface area contributed by atoms with Gasteiger partial charge in [-0.1, -0.05) is 105 Å². The van der Waals surface area contributed by atoms with Gasteiger partial charge >= 0.3 is 0 Å². The van der Waals surface area contributed by atoms with E-state index >= 15 is 0 Å². The second kappa shape index (κ2) is 13.8. The molecular weight excluding hydrogens is 456 g/mol. The van der Waals surface area contributed by atoms with Crippen LogP contribution < -0.4 is 5.32 Å². The maximum absolute atomic E-state index is 13.8. The molecule has 0 bridgehead atoms. The van der Waals surface area contributed by atoms with Gasteiger partial charge in [-0.2, -0.15) is 0 Å². The van der Waals surface area contributed by atoms with Crippen molar-refractivity contribution in [2.24, 2.45) is 0 Å². The van der Waals surface area contributed by atoms with Gasteiger partial charge in [-0.05, 0) is 54.9 Å². The number of nitrogens with one attached hydrogen (secondary N) is 1. The number of amides is 2. The van der Waals surface area contributed by atoms with Crippen LogP contribution in [0.5, 0.6) is 0 Å². The average Bonchev–Trinajstić information content (AvgIpc) is 2.91. The first-order chi connectivity index (χ1) is 17.8. The van der Waals surface area contributed by atoms with E-state index in [1.54, 1.807) is 4.90 Å². The third-order valence-electron chi connectivity index (χ3n) is 7.02. The highest BCUT2D eigenvalue weighted by Crippen LogP contribution is 2.19. The molecule has 0 heterocycles. The van der Waals surface area contributed by atoms with E-state index in [2.05, 4.69) is 69.4 Å². The van der Waals surface area contributed by atoms with Gasteiger partial charge in [0.1, 0.15) is 6.04 Å². The lowest BCUT2D eigenvalue weighted by Crippen LogP contribution is -2.52. The van der Waals surface area contributed by atoms with Crippen LogP contribution in [0.3, 0.4) is 0 Å². The minimum Gasteiger partial charge on any atom is -0.352 e. The van der Waals surface area contributed by atoms with Crippen molar-refractivity contribution < 1.29 is 9.59 Å². The smallest absolute Gasteiger partial charge is 0.243 e. The van der Waals surface area contributed by atoms with E-state index in [-0.39, 0.29) is 17.9 Å². The monoisotopic (exact) mass is 498 g/mol. The second-order valence-electron chi connectivity index (χ2n) is 10.4. The van der Waals surface area contributed by atoms with Crippen molar-refractivity contribution in [3.05, 3.63) is 107 Å². The molecule has 0 fully saturated rings. The Labute approximate surface area is 223 Å². The molecule has 4 nitrogen and oxygen atoms in total. The zero-order valence-corrected chi connectivity index (χ0v) is 23.0. The summed E-state index contributed by atoms with van der Waals surface area (Å²) in [6.45, 7) is 10.9. The second-order valence-corrected chi connectivity index (χ2v) is 10.4. The molecule has 3 aromatic carbocycles. The van der Waals surface area contributed by atoms with Gasteiger partial charge in [0.05, 0.1) is 0 Å². The minimum atomic E-state index is -0.589. The van der Waals surface area contributed by atoms with Crippen LogP contribution in [0.4, 0.5) is 0 Å². The number of benzene rings is 3. The molecule has 0 radical (unpaired) electrons. The summed E-state index contributed by atoms with van der Waals surface area (Å²) in [6.07, 6.45) is 2.31. The van der Waals surface area contributed by atoms with E-state index < -0.39 is 6.04 Å². The van der Waals surface area contributed by atoms with Crippen LogP contribution >= 0.6 is 0 Å². The van der Waals surface area contributed by atoms with Gasteiger partial charge in [-0.15, -0.1) is 0 Å². The molecule has 0 aliphatic rings. The van der Waals surface area contributed by atoms with Crippen molar-refractivity contribution in [2.45, 2.75) is 84.8 Å². The summed E-state index contributed by atoms with van der Waals surface area (Å²) in [4.78, 5) is 29.2. The van der Waals surface area contributed by atoms with Crippen molar-refractivity contribution in [3.8, 4) is 0 Å². The summed E-state index contributed by atoms with van der Waals surface area (Å²) in [7, 11) is 0. The zero-order chi connectivity index (χ0) is 26.8. The first kappa shape index (κ1) is 28.2. The molecular formula is C33H42N2O2. The fourth-order valence-electron chi connectivity index (χ4n) is 4.35. The molecule has 0 aromatic heterocycles. The van der Waals surface area contributed by atoms with E-state index in [1.807, 2.05) is 49.4 Å². The summed E-state index contributed by atoms with van der Waals surface area (Å²) in [5.74, 6) is 0.372. The van der Waals surface area contributed by atoms with Crippen molar-refractivity contribution in [2.75, 3.05) is 0 Å². The first-order valence-corrected chi connectivity index (χ1v) is 13.5. The van der Waals surface area contributed by atoms with Gasteiger partial charge in [0.2, 0.25) is 11.8 Å². The van der Waals surface area contributed by atoms with E-state index in [1.165, 1.54) is 11.1 Å². The van der Waals surface area contributed by atoms with Crippen LogP contribution in [-0.4, -0.2) is 28.8 Å². The quantitative estimate of drug-likeness (QED) is 0.306. The number of carbonyl (C=O) groups is 2. The third kappa shape index (κ3) is 8.59. The maximum Gasteiger partial charge on any atom is 0.243 e. The van der Waals surface area contributed by atoms with Gasteiger partial charge in [0.25, 0.3) is 0 Å². The van der Waals surface area contributed by atoms with Crippen molar-refractivity contribution in [3.63, 3.8) is 0 Å². The number of hydrogen-bond acceptors (Lipinski definition) is 2. The molecule has 0 aliphatic heterocycles. The highest BCUT2D eigenvalue weighted by Gasteiger charge is 2.30. The third-order valence-corrected chi connectivity index (χ3v) is 7.02. The van der Waals surface area contributed by atoms with Crippen LogP contribution in [0.1, 0.15) is 74.3 Å². The van der Waals surface area contributed by atoms with Crippen LogP contribution in [-0.2, 0) is 29.0 Å². The topological polar surface area (TPSA) is 49.4 Å². The van der Waals surface area contributed by atoms with E-state index in [0.717, 1.165) is 23.1 Å². The Bertz CT molecular complexity index is 1120. The van der Waals surface area contributed by atoms with Crippen LogP contribution in [0, 0.1) is 6.92 Å². The Morgan fingerprint density at radius 2 is 1.43 bits per heavy atom. The zero-order valence-electron chi connectivity index (χ0n) is 23.0. The average molecular weight is 499 g/mol. The largest absolute Gasteiger partial charge is 0.352 e. The minimum absolute atomic E-state index is 0.00579. The lowest BCUT2D eigenvalue weighted by molar-refractivity contribution is -0.141. The summed E-state index contributed by atoms with van der Waals surface area (Å²) >= 11 is 0. The molecule has 2 unspecified atom stereocenters. The number of carbonyl (C=O) groups excluding carboxylic acids is 2. The molecule has 4 heteroatoms. The highest BCUT2D eigenvalue weighted by molar-refractivity contribution is 5.88. The predicted octanol–water partition coefficient (Wildman–Crippen LogP) is 6.61. The number of nitrogens with zero attached hydrogens (tertiary/aromatic N) is 1.